The second kappa shape index (κ2) is 8.77. The summed E-state index contributed by atoms with van der Waals surface area (Å²) in [6.07, 6.45) is -3.36. The average Bonchev–Trinajstić information content (AvgIpc) is 2.76. The van der Waals surface area contributed by atoms with Crippen LogP contribution < -0.4 is 0 Å². The smallest absolute Gasteiger partial charge is 0.303 e. The van der Waals surface area contributed by atoms with Gasteiger partial charge in [-0.2, -0.15) is 0 Å². The van der Waals surface area contributed by atoms with E-state index in [0.29, 0.717) is 0 Å². The first-order valence-corrected chi connectivity index (χ1v) is 7.45. The SMILES string of the molecule is CO[C@]1(COC(C)=O)O[C@@H](COC(C)=O)[C@@H](OC(C)=O)[C@@H]1OC(C)=O. The van der Waals surface area contributed by atoms with Crippen molar-refractivity contribution < 1.29 is 47.6 Å². The molecule has 0 saturated carbocycles. The van der Waals surface area contributed by atoms with Gasteiger partial charge in [0.1, 0.15) is 19.3 Å². The molecule has 0 radical (unpaired) electrons. The predicted molar refractivity (Wildman–Crippen MR) is 79.0 cm³/mol. The van der Waals surface area contributed by atoms with Gasteiger partial charge in [0, 0.05) is 34.8 Å². The lowest BCUT2D eigenvalue weighted by Crippen LogP contribution is -2.51. The second-order valence-corrected chi connectivity index (χ2v) is 5.36. The highest BCUT2D eigenvalue weighted by atomic mass is 16.8. The summed E-state index contributed by atoms with van der Waals surface area (Å²) in [7, 11) is 1.25. The van der Waals surface area contributed by atoms with Crippen molar-refractivity contribution in [2.75, 3.05) is 20.3 Å². The molecule has 0 bridgehead atoms. The lowest BCUT2D eigenvalue weighted by atomic mass is 10.0. The van der Waals surface area contributed by atoms with Gasteiger partial charge in [0.25, 0.3) is 0 Å². The van der Waals surface area contributed by atoms with E-state index in [2.05, 4.69) is 0 Å². The summed E-state index contributed by atoms with van der Waals surface area (Å²) in [6, 6.07) is 0. The topological polar surface area (TPSA) is 124 Å². The third kappa shape index (κ3) is 5.68. The number of carbonyl (C=O) groups excluding carboxylic acids is 4. The first-order chi connectivity index (χ1) is 11.6. The highest BCUT2D eigenvalue weighted by Crippen LogP contribution is 2.37. The van der Waals surface area contributed by atoms with Crippen LogP contribution in [-0.2, 0) is 47.6 Å². The normalized spacial score (nSPS) is 28.1. The average molecular weight is 362 g/mol. The number of esters is 4. The number of hydrogen-bond acceptors (Lipinski definition) is 10. The van der Waals surface area contributed by atoms with E-state index in [4.69, 9.17) is 28.4 Å². The lowest BCUT2D eigenvalue weighted by Gasteiger charge is -2.32. The number of methoxy groups -OCH3 is 1. The van der Waals surface area contributed by atoms with Crippen molar-refractivity contribution in [3.63, 3.8) is 0 Å². The third-order valence-corrected chi connectivity index (χ3v) is 3.32. The molecule has 0 spiro atoms. The van der Waals surface area contributed by atoms with Crippen LogP contribution >= 0.6 is 0 Å². The Kier molecular flexibility index (Phi) is 7.31. The molecule has 142 valence electrons. The lowest BCUT2D eigenvalue weighted by molar-refractivity contribution is -0.270. The fourth-order valence-electron chi connectivity index (χ4n) is 2.37. The Morgan fingerprint density at radius 3 is 1.88 bits per heavy atom. The van der Waals surface area contributed by atoms with Gasteiger partial charge < -0.3 is 28.4 Å². The largest absolute Gasteiger partial charge is 0.463 e. The van der Waals surface area contributed by atoms with Crippen molar-refractivity contribution in [2.24, 2.45) is 0 Å². The molecule has 0 aromatic carbocycles. The number of ether oxygens (including phenoxy) is 6. The number of hydrogen-bond donors (Lipinski definition) is 0. The molecule has 1 aliphatic rings. The Bertz CT molecular complexity index is 530. The zero-order valence-corrected chi connectivity index (χ0v) is 14.7. The highest BCUT2D eigenvalue weighted by molar-refractivity contribution is 5.68. The molecule has 0 unspecified atom stereocenters. The van der Waals surface area contributed by atoms with Crippen LogP contribution in [0.15, 0.2) is 0 Å². The highest BCUT2D eigenvalue weighted by Gasteiger charge is 2.61. The summed E-state index contributed by atoms with van der Waals surface area (Å²) in [5, 5.41) is 0. The van der Waals surface area contributed by atoms with Crippen molar-refractivity contribution in [1.82, 2.24) is 0 Å². The Balaban J connectivity index is 3.17. The number of carbonyl (C=O) groups is 4. The Hall–Kier alpha value is -2.20. The number of rotatable bonds is 7. The minimum Gasteiger partial charge on any atom is -0.463 e. The Morgan fingerprint density at radius 1 is 0.880 bits per heavy atom. The summed E-state index contributed by atoms with van der Waals surface area (Å²) in [4.78, 5) is 45.1. The van der Waals surface area contributed by atoms with E-state index in [0.717, 1.165) is 13.8 Å². The summed E-state index contributed by atoms with van der Waals surface area (Å²) in [5.41, 5.74) is 0. The monoisotopic (exact) mass is 362 g/mol. The van der Waals surface area contributed by atoms with Crippen molar-refractivity contribution in [3.05, 3.63) is 0 Å². The zero-order valence-electron chi connectivity index (χ0n) is 14.7. The summed E-state index contributed by atoms with van der Waals surface area (Å²) in [5.74, 6) is -4.28. The fraction of sp³-hybridized carbons (Fsp3) is 0.733. The quantitative estimate of drug-likeness (QED) is 0.441. The third-order valence-electron chi connectivity index (χ3n) is 3.32. The predicted octanol–water partition coefficient (Wildman–Crippen LogP) is -0.282. The van der Waals surface area contributed by atoms with E-state index in [-0.39, 0.29) is 6.61 Å². The molecule has 0 aliphatic carbocycles. The molecular formula is C15H22O10. The van der Waals surface area contributed by atoms with Gasteiger partial charge in [0.05, 0.1) is 0 Å². The molecule has 1 fully saturated rings. The van der Waals surface area contributed by atoms with Gasteiger partial charge in [-0.05, 0) is 0 Å². The van der Waals surface area contributed by atoms with Crippen molar-refractivity contribution in [2.45, 2.75) is 51.8 Å². The maximum absolute atomic E-state index is 11.5. The van der Waals surface area contributed by atoms with Crippen LogP contribution in [-0.4, -0.2) is 68.3 Å². The maximum atomic E-state index is 11.5. The second-order valence-electron chi connectivity index (χ2n) is 5.36. The molecule has 1 rings (SSSR count). The fourth-order valence-corrected chi connectivity index (χ4v) is 2.37. The van der Waals surface area contributed by atoms with Crippen molar-refractivity contribution in [1.29, 1.82) is 0 Å². The van der Waals surface area contributed by atoms with Gasteiger partial charge in [0.2, 0.25) is 5.79 Å². The first kappa shape index (κ1) is 20.8. The molecular weight excluding hydrogens is 340 g/mol. The van der Waals surface area contributed by atoms with Crippen LogP contribution in [0.1, 0.15) is 27.7 Å². The van der Waals surface area contributed by atoms with Gasteiger partial charge >= 0.3 is 23.9 Å². The van der Waals surface area contributed by atoms with Crippen LogP contribution in [0.25, 0.3) is 0 Å². The first-order valence-electron chi connectivity index (χ1n) is 7.45. The van der Waals surface area contributed by atoms with Crippen LogP contribution in [0.5, 0.6) is 0 Å². The Labute approximate surface area is 144 Å². The molecule has 0 N–H and O–H groups in total. The standard InChI is InChI=1S/C15H22O10/c1-8(16)21-6-12-13(23-10(3)18)14(24-11(4)19)15(20-5,25-12)7-22-9(2)17/h12-14H,6-7H2,1-5H3/t12-,13+,14-,15+/m0/s1. The van der Waals surface area contributed by atoms with E-state index in [1.165, 1.54) is 21.0 Å². The van der Waals surface area contributed by atoms with E-state index in [1.54, 1.807) is 0 Å². The van der Waals surface area contributed by atoms with Crippen LogP contribution in [0.3, 0.4) is 0 Å². The summed E-state index contributed by atoms with van der Waals surface area (Å²) >= 11 is 0. The van der Waals surface area contributed by atoms with Gasteiger partial charge in [-0.1, -0.05) is 0 Å². The van der Waals surface area contributed by atoms with Crippen molar-refractivity contribution in [3.8, 4) is 0 Å². The molecule has 0 aromatic heterocycles. The molecule has 4 atom stereocenters. The van der Waals surface area contributed by atoms with Gasteiger partial charge in [-0.25, -0.2) is 0 Å². The zero-order chi connectivity index (χ0) is 19.2. The maximum Gasteiger partial charge on any atom is 0.303 e. The Morgan fingerprint density at radius 2 is 1.44 bits per heavy atom. The molecule has 0 amide bonds. The van der Waals surface area contributed by atoms with E-state index in [9.17, 15) is 19.2 Å². The van der Waals surface area contributed by atoms with Gasteiger partial charge in [-0.15, -0.1) is 0 Å². The molecule has 1 heterocycles. The van der Waals surface area contributed by atoms with Crippen LogP contribution in [0.4, 0.5) is 0 Å². The molecule has 25 heavy (non-hydrogen) atoms. The van der Waals surface area contributed by atoms with Gasteiger partial charge in [-0.3, -0.25) is 19.2 Å². The van der Waals surface area contributed by atoms with E-state index in [1.807, 2.05) is 0 Å². The molecule has 10 heteroatoms. The van der Waals surface area contributed by atoms with Crippen LogP contribution in [0, 0.1) is 0 Å². The van der Waals surface area contributed by atoms with E-state index >= 15 is 0 Å². The minimum absolute atomic E-state index is 0.282. The summed E-state index contributed by atoms with van der Waals surface area (Å²) < 4.78 is 31.2. The van der Waals surface area contributed by atoms with E-state index < -0.39 is 54.6 Å². The molecule has 1 aliphatic heterocycles. The van der Waals surface area contributed by atoms with Crippen molar-refractivity contribution >= 4 is 23.9 Å². The summed E-state index contributed by atoms with van der Waals surface area (Å²) in [6.45, 7) is 3.98. The molecule has 0 aromatic rings. The minimum atomic E-state index is -1.72. The van der Waals surface area contributed by atoms with Gasteiger partial charge in [0.15, 0.2) is 12.2 Å². The molecule has 1 saturated heterocycles. The van der Waals surface area contributed by atoms with Crippen LogP contribution in [0.2, 0.25) is 0 Å². The molecule has 10 nitrogen and oxygen atoms in total.